The number of aromatic nitrogens is 1. The second kappa shape index (κ2) is 4.06. The number of ether oxygens (including phenoxy) is 1. The maximum atomic E-state index is 11.3. The van der Waals surface area contributed by atoms with Gasteiger partial charge in [-0.15, -0.1) is 0 Å². The van der Waals surface area contributed by atoms with E-state index in [2.05, 4.69) is 4.74 Å². The van der Waals surface area contributed by atoms with Crippen LogP contribution >= 0.6 is 0 Å². The van der Waals surface area contributed by atoms with Crippen LogP contribution in [0.2, 0.25) is 0 Å². The fraction of sp³-hybridized carbons (Fsp3) is 0.333. The smallest absolute Gasteiger partial charge is 0.354 e. The molecule has 1 aromatic heterocycles. The van der Waals surface area contributed by atoms with Crippen LogP contribution in [0.25, 0.3) is 0 Å². The van der Waals surface area contributed by atoms with E-state index in [1.807, 2.05) is 0 Å². The SMILES string of the molecule is COC(=O)c1ccc(C(=O)CN)n1C. The minimum Gasteiger partial charge on any atom is -0.464 e. The largest absolute Gasteiger partial charge is 0.464 e. The molecule has 1 heterocycles. The third kappa shape index (κ3) is 1.67. The van der Waals surface area contributed by atoms with Crippen LogP contribution in [0.4, 0.5) is 0 Å². The van der Waals surface area contributed by atoms with Crippen molar-refractivity contribution in [2.24, 2.45) is 12.8 Å². The summed E-state index contributed by atoms with van der Waals surface area (Å²) in [5.41, 5.74) is 5.96. The molecule has 0 atom stereocenters. The highest BCUT2D eigenvalue weighted by Crippen LogP contribution is 2.08. The van der Waals surface area contributed by atoms with Crippen LogP contribution in [0.1, 0.15) is 21.0 Å². The normalized spacial score (nSPS) is 9.93. The number of nitrogens with two attached hydrogens (primary N) is 1. The molecule has 0 saturated heterocycles. The molecule has 0 aromatic carbocycles. The number of Topliss-reactive ketones (excluding diaryl/α,β-unsaturated/α-hetero) is 1. The minimum absolute atomic E-state index is 0.0710. The molecule has 76 valence electrons. The predicted octanol–water partition coefficient (Wildman–Crippen LogP) is -0.0469. The summed E-state index contributed by atoms with van der Waals surface area (Å²) in [5, 5.41) is 0. The van der Waals surface area contributed by atoms with Gasteiger partial charge in [-0.3, -0.25) is 4.79 Å². The van der Waals surface area contributed by atoms with Gasteiger partial charge >= 0.3 is 5.97 Å². The van der Waals surface area contributed by atoms with Crippen LogP contribution in [-0.4, -0.2) is 30.0 Å². The first-order valence-corrected chi connectivity index (χ1v) is 4.09. The van der Waals surface area contributed by atoms with Crippen molar-refractivity contribution in [3.8, 4) is 0 Å². The molecule has 0 aliphatic rings. The molecule has 0 bridgehead atoms. The lowest BCUT2D eigenvalue weighted by Crippen LogP contribution is -2.18. The molecule has 0 unspecified atom stereocenters. The molecule has 0 aliphatic carbocycles. The zero-order valence-corrected chi connectivity index (χ0v) is 8.11. The number of ketones is 1. The van der Waals surface area contributed by atoms with Crippen LogP contribution < -0.4 is 5.73 Å². The summed E-state index contributed by atoms with van der Waals surface area (Å²) in [5.74, 6) is -0.675. The number of esters is 1. The predicted molar refractivity (Wildman–Crippen MR) is 50.1 cm³/mol. The molecular weight excluding hydrogens is 184 g/mol. The van der Waals surface area contributed by atoms with Gasteiger partial charge in [0.05, 0.1) is 19.3 Å². The number of hydrogen-bond donors (Lipinski definition) is 1. The second-order valence-electron chi connectivity index (χ2n) is 2.78. The van der Waals surface area contributed by atoms with Gasteiger partial charge in [-0.25, -0.2) is 4.79 Å². The maximum absolute atomic E-state index is 11.3. The zero-order chi connectivity index (χ0) is 10.7. The first-order valence-electron chi connectivity index (χ1n) is 4.09. The van der Waals surface area contributed by atoms with E-state index in [1.54, 1.807) is 13.1 Å². The van der Waals surface area contributed by atoms with Crippen LogP contribution in [0, 0.1) is 0 Å². The van der Waals surface area contributed by atoms with E-state index in [0.717, 1.165) is 0 Å². The third-order valence-electron chi connectivity index (χ3n) is 1.99. The van der Waals surface area contributed by atoms with Crippen molar-refractivity contribution in [2.75, 3.05) is 13.7 Å². The number of rotatable bonds is 3. The summed E-state index contributed by atoms with van der Waals surface area (Å²) in [6.07, 6.45) is 0. The lowest BCUT2D eigenvalue weighted by atomic mass is 10.3. The Morgan fingerprint density at radius 3 is 2.50 bits per heavy atom. The summed E-state index contributed by atoms with van der Waals surface area (Å²) in [6.45, 7) is -0.0710. The molecule has 2 N–H and O–H groups in total. The minimum atomic E-state index is -0.469. The molecule has 1 rings (SSSR count). The van der Waals surface area contributed by atoms with Crippen molar-refractivity contribution in [3.63, 3.8) is 0 Å². The Morgan fingerprint density at radius 1 is 1.43 bits per heavy atom. The molecular formula is C9H12N2O3. The Kier molecular flexibility index (Phi) is 3.03. The summed E-state index contributed by atoms with van der Waals surface area (Å²) in [4.78, 5) is 22.4. The quantitative estimate of drug-likeness (QED) is 0.543. The Morgan fingerprint density at radius 2 is 2.00 bits per heavy atom. The van der Waals surface area contributed by atoms with E-state index in [1.165, 1.54) is 17.7 Å². The second-order valence-corrected chi connectivity index (χ2v) is 2.78. The van der Waals surface area contributed by atoms with E-state index >= 15 is 0 Å². The first kappa shape index (κ1) is 10.5. The Labute approximate surface area is 81.5 Å². The first-order chi connectivity index (χ1) is 6.61. The average Bonchev–Trinajstić information content (AvgIpc) is 2.58. The van der Waals surface area contributed by atoms with Gasteiger partial charge in [-0.05, 0) is 12.1 Å². The monoisotopic (exact) mass is 196 g/mol. The van der Waals surface area contributed by atoms with Crippen LogP contribution in [0.5, 0.6) is 0 Å². The van der Waals surface area contributed by atoms with Crippen molar-refractivity contribution in [1.29, 1.82) is 0 Å². The van der Waals surface area contributed by atoms with Crippen molar-refractivity contribution in [3.05, 3.63) is 23.5 Å². The van der Waals surface area contributed by atoms with Crippen LogP contribution in [0.15, 0.2) is 12.1 Å². The van der Waals surface area contributed by atoms with Gasteiger partial charge in [0, 0.05) is 7.05 Å². The van der Waals surface area contributed by atoms with E-state index in [9.17, 15) is 9.59 Å². The van der Waals surface area contributed by atoms with Gasteiger partial charge < -0.3 is 15.0 Å². The fourth-order valence-corrected chi connectivity index (χ4v) is 1.21. The molecule has 1 aromatic rings. The lowest BCUT2D eigenvalue weighted by molar-refractivity contribution is 0.0590. The zero-order valence-electron chi connectivity index (χ0n) is 8.11. The van der Waals surface area contributed by atoms with E-state index in [0.29, 0.717) is 11.4 Å². The summed E-state index contributed by atoms with van der Waals surface area (Å²) in [7, 11) is 2.91. The Bertz CT molecular complexity index is 335. The van der Waals surface area contributed by atoms with Gasteiger partial charge in [0.2, 0.25) is 0 Å². The van der Waals surface area contributed by atoms with Gasteiger partial charge in [0.15, 0.2) is 5.78 Å². The molecule has 14 heavy (non-hydrogen) atoms. The third-order valence-corrected chi connectivity index (χ3v) is 1.99. The summed E-state index contributed by atoms with van der Waals surface area (Å²) in [6, 6.07) is 3.09. The van der Waals surface area contributed by atoms with E-state index < -0.39 is 5.97 Å². The van der Waals surface area contributed by atoms with Crippen molar-refractivity contribution < 1.29 is 14.3 Å². The fourth-order valence-electron chi connectivity index (χ4n) is 1.21. The van der Waals surface area contributed by atoms with Gasteiger partial charge in [0.1, 0.15) is 5.69 Å². The summed E-state index contributed by atoms with van der Waals surface area (Å²) >= 11 is 0. The van der Waals surface area contributed by atoms with E-state index in [4.69, 9.17) is 5.73 Å². The highest BCUT2D eigenvalue weighted by Gasteiger charge is 2.15. The van der Waals surface area contributed by atoms with Crippen molar-refractivity contribution in [1.82, 2.24) is 4.57 Å². The van der Waals surface area contributed by atoms with Crippen molar-refractivity contribution in [2.45, 2.75) is 0 Å². The van der Waals surface area contributed by atoms with Gasteiger partial charge in [-0.1, -0.05) is 0 Å². The molecule has 0 aliphatic heterocycles. The average molecular weight is 196 g/mol. The van der Waals surface area contributed by atoms with Crippen molar-refractivity contribution >= 4 is 11.8 Å². The standard InChI is InChI=1S/C9H12N2O3/c1-11-6(8(12)5-10)3-4-7(11)9(13)14-2/h3-4H,5,10H2,1-2H3. The molecule has 0 radical (unpaired) electrons. The number of hydrogen-bond acceptors (Lipinski definition) is 4. The molecule has 0 saturated carbocycles. The summed E-state index contributed by atoms with van der Waals surface area (Å²) < 4.78 is 6.01. The number of carbonyl (C=O) groups excluding carboxylic acids is 2. The van der Waals surface area contributed by atoms with Gasteiger partial charge in [-0.2, -0.15) is 0 Å². The Balaban J connectivity index is 3.08. The molecule has 0 spiro atoms. The Hall–Kier alpha value is -1.62. The van der Waals surface area contributed by atoms with Crippen LogP contribution in [-0.2, 0) is 11.8 Å². The highest BCUT2D eigenvalue weighted by atomic mass is 16.5. The maximum Gasteiger partial charge on any atom is 0.354 e. The highest BCUT2D eigenvalue weighted by molar-refractivity contribution is 5.98. The van der Waals surface area contributed by atoms with E-state index in [-0.39, 0.29) is 12.3 Å². The molecule has 5 nitrogen and oxygen atoms in total. The number of methoxy groups -OCH3 is 1. The molecule has 0 fully saturated rings. The topological polar surface area (TPSA) is 74.3 Å². The number of nitrogens with zero attached hydrogens (tertiary/aromatic N) is 1. The number of carbonyl (C=O) groups is 2. The molecule has 0 amide bonds. The van der Waals surface area contributed by atoms with Crippen LogP contribution in [0.3, 0.4) is 0 Å². The molecule has 5 heteroatoms. The lowest BCUT2D eigenvalue weighted by Gasteiger charge is -2.03. The van der Waals surface area contributed by atoms with Gasteiger partial charge in [0.25, 0.3) is 0 Å².